The Morgan fingerprint density at radius 1 is 0.714 bits per heavy atom. The van der Waals surface area contributed by atoms with Crippen LogP contribution in [0.4, 0.5) is 5.82 Å². The van der Waals surface area contributed by atoms with Crippen LogP contribution in [0, 0.1) is 0 Å². The molecule has 2 aliphatic rings. The number of rotatable bonds is 16. The van der Waals surface area contributed by atoms with Crippen LogP contribution >= 0.6 is 11.6 Å². The molecule has 0 spiro atoms. The van der Waals surface area contributed by atoms with Crippen LogP contribution in [-0.4, -0.2) is 53.0 Å². The van der Waals surface area contributed by atoms with Crippen LogP contribution in [0.25, 0.3) is 11.0 Å². The van der Waals surface area contributed by atoms with Gasteiger partial charge in [0.25, 0.3) is 0 Å². The highest BCUT2D eigenvalue weighted by molar-refractivity contribution is 6.28. The number of halogens is 1. The topological polar surface area (TPSA) is 88.1 Å². The Labute approximate surface area is 333 Å². The molecule has 1 saturated heterocycles. The highest BCUT2D eigenvalue weighted by atomic mass is 35.5. The third-order valence-corrected chi connectivity index (χ3v) is 10.8. The van der Waals surface area contributed by atoms with E-state index in [1.807, 2.05) is 79.0 Å². The van der Waals surface area contributed by atoms with Gasteiger partial charge < -0.3 is 28.6 Å². The number of fused-ring (bicyclic) bond motifs is 1. The molecule has 1 saturated carbocycles. The van der Waals surface area contributed by atoms with Gasteiger partial charge in [0.05, 0.1) is 39.1 Å². The van der Waals surface area contributed by atoms with Crippen molar-refractivity contribution in [2.75, 3.05) is 18.6 Å². The highest BCUT2D eigenvalue weighted by Gasteiger charge is 2.47. The van der Waals surface area contributed by atoms with E-state index in [9.17, 15) is 0 Å². The predicted octanol–water partition coefficient (Wildman–Crippen LogP) is 9.46. The lowest BCUT2D eigenvalue weighted by Crippen LogP contribution is -2.37. The number of pyridine rings is 1. The minimum atomic E-state index is -0.524. The quantitative estimate of drug-likeness (QED) is 0.0894. The third-order valence-electron chi connectivity index (χ3n) is 10.7. The smallest absolute Gasteiger partial charge is 0.225 e. The van der Waals surface area contributed by atoms with Crippen LogP contribution in [0.1, 0.15) is 59.6 Å². The first-order chi connectivity index (χ1) is 27.6. The van der Waals surface area contributed by atoms with Crippen molar-refractivity contribution in [3.05, 3.63) is 161 Å². The molecule has 10 heteroatoms. The number of methoxy groups -OCH3 is 1. The molecule has 0 unspecified atom stereocenters. The minimum Gasteiger partial charge on any atom is -0.497 e. The summed E-state index contributed by atoms with van der Waals surface area (Å²) in [6.45, 7) is 2.21. The van der Waals surface area contributed by atoms with E-state index in [0.29, 0.717) is 50.0 Å². The zero-order chi connectivity index (χ0) is 38.1. The lowest BCUT2D eigenvalue weighted by molar-refractivity contribution is -0.0898. The zero-order valence-electron chi connectivity index (χ0n) is 31.6. The highest BCUT2D eigenvalue weighted by Crippen LogP contribution is 2.40. The summed E-state index contributed by atoms with van der Waals surface area (Å²) in [6, 6.07) is 41.0. The normalized spacial score (nSPS) is 19.8. The van der Waals surface area contributed by atoms with Crippen LogP contribution in [0.15, 0.2) is 128 Å². The summed E-state index contributed by atoms with van der Waals surface area (Å²) in [7, 11) is 1.68. The van der Waals surface area contributed by atoms with Gasteiger partial charge in [0.1, 0.15) is 35.7 Å². The van der Waals surface area contributed by atoms with Gasteiger partial charge in [0.15, 0.2) is 5.82 Å². The average molecular weight is 771 g/mol. The van der Waals surface area contributed by atoms with E-state index in [4.69, 9.17) is 50.2 Å². The predicted molar refractivity (Wildman–Crippen MR) is 218 cm³/mol. The monoisotopic (exact) mass is 770 g/mol. The van der Waals surface area contributed by atoms with Crippen LogP contribution < -0.4 is 9.64 Å². The molecule has 0 radical (unpaired) electrons. The molecule has 288 valence electrons. The molecule has 0 bridgehead atoms. The van der Waals surface area contributed by atoms with E-state index in [1.54, 1.807) is 7.11 Å². The number of benzene rings is 4. The molecule has 56 heavy (non-hydrogen) atoms. The molecule has 3 heterocycles. The Bertz CT molecular complexity index is 2140. The molecular formula is C46H47ClN4O5. The van der Waals surface area contributed by atoms with Crippen molar-refractivity contribution in [3.8, 4) is 5.75 Å². The first kappa shape index (κ1) is 38.0. The summed E-state index contributed by atoms with van der Waals surface area (Å²) in [5.41, 5.74) is 6.51. The van der Waals surface area contributed by atoms with Crippen molar-refractivity contribution in [1.29, 1.82) is 0 Å². The lowest BCUT2D eigenvalue weighted by Gasteiger charge is -2.31. The number of aromatic nitrogens is 3. The molecule has 8 rings (SSSR count). The van der Waals surface area contributed by atoms with Gasteiger partial charge in [-0.25, -0.2) is 4.98 Å². The zero-order valence-corrected chi connectivity index (χ0v) is 32.3. The second-order valence-electron chi connectivity index (χ2n) is 14.5. The van der Waals surface area contributed by atoms with E-state index < -0.39 is 24.4 Å². The number of anilines is 1. The van der Waals surface area contributed by atoms with Gasteiger partial charge in [-0.2, -0.15) is 4.98 Å². The number of hydrogen-bond donors (Lipinski definition) is 0. The van der Waals surface area contributed by atoms with Gasteiger partial charge in [-0.05, 0) is 64.9 Å². The Kier molecular flexibility index (Phi) is 12.5. The number of nitrogens with zero attached hydrogens (tertiary/aromatic N) is 4. The van der Waals surface area contributed by atoms with Crippen LogP contribution in [0.3, 0.4) is 0 Å². The molecule has 2 aromatic heterocycles. The summed E-state index contributed by atoms with van der Waals surface area (Å²) in [6.07, 6.45) is 4.50. The molecule has 6 aromatic rings. The van der Waals surface area contributed by atoms with Gasteiger partial charge in [0, 0.05) is 24.3 Å². The summed E-state index contributed by atoms with van der Waals surface area (Å²) >= 11 is 6.74. The molecule has 0 N–H and O–H groups in total. The summed E-state index contributed by atoms with van der Waals surface area (Å²) < 4.78 is 32.1. The van der Waals surface area contributed by atoms with Gasteiger partial charge in [-0.3, -0.25) is 4.98 Å². The number of ether oxygens (including phenoxy) is 5. The van der Waals surface area contributed by atoms with Crippen molar-refractivity contribution in [2.24, 2.45) is 0 Å². The maximum absolute atomic E-state index is 6.91. The first-order valence-electron chi connectivity index (χ1n) is 19.4. The lowest BCUT2D eigenvalue weighted by atomic mass is 10.0. The molecule has 0 amide bonds. The van der Waals surface area contributed by atoms with Gasteiger partial charge in [-0.1, -0.05) is 116 Å². The fourth-order valence-electron chi connectivity index (χ4n) is 7.78. The molecule has 9 nitrogen and oxygen atoms in total. The van der Waals surface area contributed by atoms with Crippen molar-refractivity contribution in [2.45, 2.75) is 82.5 Å². The van der Waals surface area contributed by atoms with E-state index in [-0.39, 0.29) is 5.28 Å². The Morgan fingerprint density at radius 2 is 1.32 bits per heavy atom. The van der Waals surface area contributed by atoms with E-state index >= 15 is 0 Å². The maximum atomic E-state index is 6.91. The summed E-state index contributed by atoms with van der Waals surface area (Å²) in [5.74, 6) is 1.55. The fraction of sp³-hybridized carbons (Fsp3) is 0.326. The summed E-state index contributed by atoms with van der Waals surface area (Å²) in [4.78, 5) is 17.0. The molecule has 4 aromatic carbocycles. The standard InChI is InChI=1S/C46H47ClN4O5/c1-52-38-23-21-32(22-24-38)27-51(37-19-11-12-20-37)45-41-39(49-46(47)50-45)25-36(26-48-41)42-44(55-30-35-17-9-4-10-18-35)43(54-29-34-15-7-3-8-16-34)40(56-42)31-53-28-33-13-5-2-6-14-33/h2-10,13-18,21-26,37,40,42-44H,11-12,19-20,27-31H2,1H3/t40-,42+,43-,44+/m1/s1. The molecular weight excluding hydrogens is 724 g/mol. The Morgan fingerprint density at radius 3 is 1.95 bits per heavy atom. The first-order valence-corrected chi connectivity index (χ1v) is 19.8. The van der Waals surface area contributed by atoms with Gasteiger partial charge in [0.2, 0.25) is 5.28 Å². The molecule has 1 aliphatic heterocycles. The van der Waals surface area contributed by atoms with Crippen molar-refractivity contribution >= 4 is 28.5 Å². The second kappa shape index (κ2) is 18.4. The van der Waals surface area contributed by atoms with Crippen molar-refractivity contribution < 1.29 is 23.7 Å². The third kappa shape index (κ3) is 9.20. The Hall–Kier alpha value is -4.90. The fourth-order valence-corrected chi connectivity index (χ4v) is 7.95. The SMILES string of the molecule is COc1ccc(CN(c2nc(Cl)nc3cc([C@@H]4O[C@H](COCc5ccccc5)[C@@H](OCc5ccccc5)[C@H]4OCc4ccccc4)cnc23)C2CCCC2)cc1. The van der Waals surface area contributed by atoms with Crippen LogP contribution in [-0.2, 0) is 45.3 Å². The number of hydrogen-bond acceptors (Lipinski definition) is 9. The summed E-state index contributed by atoms with van der Waals surface area (Å²) in [5, 5.41) is 0.171. The van der Waals surface area contributed by atoms with Crippen molar-refractivity contribution in [1.82, 2.24) is 15.0 Å². The van der Waals surface area contributed by atoms with E-state index in [0.717, 1.165) is 52.2 Å². The second-order valence-corrected chi connectivity index (χ2v) is 14.8. The Balaban J connectivity index is 1.13. The van der Waals surface area contributed by atoms with Crippen LogP contribution in [0.5, 0.6) is 5.75 Å². The maximum Gasteiger partial charge on any atom is 0.225 e. The van der Waals surface area contributed by atoms with Gasteiger partial charge in [-0.15, -0.1) is 0 Å². The largest absolute Gasteiger partial charge is 0.497 e. The average Bonchev–Trinajstić information content (AvgIpc) is 3.91. The van der Waals surface area contributed by atoms with Gasteiger partial charge >= 0.3 is 0 Å². The van der Waals surface area contributed by atoms with Crippen LogP contribution in [0.2, 0.25) is 5.28 Å². The van der Waals surface area contributed by atoms with E-state index in [1.165, 1.54) is 12.8 Å². The molecule has 1 aliphatic carbocycles. The molecule has 4 atom stereocenters. The van der Waals surface area contributed by atoms with Crippen molar-refractivity contribution in [3.63, 3.8) is 0 Å². The van der Waals surface area contributed by atoms with E-state index in [2.05, 4.69) is 53.4 Å². The minimum absolute atomic E-state index is 0.171. The molecule has 2 fully saturated rings.